The molecule has 0 aromatic heterocycles. The number of hydrogen-bond donors (Lipinski definition) is 0. The van der Waals surface area contributed by atoms with Crippen LogP contribution in [0.25, 0.3) is 0 Å². The molecule has 26 heavy (non-hydrogen) atoms. The maximum absolute atomic E-state index is 2.44. The van der Waals surface area contributed by atoms with Gasteiger partial charge in [-0.1, -0.05) is 105 Å². The normalized spacial score (nSPS) is 28.6. The monoisotopic (exact) mass is 358 g/mol. The largest absolute Gasteiger partial charge is 0.145 e. The standard InChI is InChI=1S/C25H26S/c1-18-23(20-12-6-3-7-13-20)19(2)25(22-16-10-5-11-17-22)26-24(18)21-14-8-4-9-15-21/h3-19,23-25H,1-2H3. The van der Waals surface area contributed by atoms with Crippen LogP contribution in [0.15, 0.2) is 91.0 Å². The van der Waals surface area contributed by atoms with Crippen molar-refractivity contribution in [2.75, 3.05) is 0 Å². The molecule has 0 aliphatic carbocycles. The van der Waals surface area contributed by atoms with Gasteiger partial charge in [-0.2, -0.15) is 0 Å². The SMILES string of the molecule is CC1C(c2ccccc2)SC(c2ccccc2)C(C)C1c1ccccc1. The molecule has 0 bridgehead atoms. The van der Waals surface area contributed by atoms with Crippen molar-refractivity contribution < 1.29 is 0 Å². The van der Waals surface area contributed by atoms with Crippen molar-refractivity contribution in [1.82, 2.24) is 0 Å². The van der Waals surface area contributed by atoms with Crippen LogP contribution < -0.4 is 0 Å². The maximum atomic E-state index is 2.44. The molecule has 4 atom stereocenters. The van der Waals surface area contributed by atoms with E-state index in [0.717, 1.165) is 0 Å². The second-order valence-electron chi connectivity index (χ2n) is 7.45. The summed E-state index contributed by atoms with van der Waals surface area (Å²) in [4.78, 5) is 0. The number of hydrogen-bond acceptors (Lipinski definition) is 1. The highest BCUT2D eigenvalue weighted by atomic mass is 32.2. The summed E-state index contributed by atoms with van der Waals surface area (Å²) in [6.07, 6.45) is 0. The van der Waals surface area contributed by atoms with Gasteiger partial charge in [0.1, 0.15) is 0 Å². The third-order valence-corrected chi connectivity index (χ3v) is 7.81. The van der Waals surface area contributed by atoms with Gasteiger partial charge in [0, 0.05) is 10.5 Å². The third-order valence-electron chi connectivity index (χ3n) is 5.82. The fourth-order valence-corrected chi connectivity index (χ4v) is 6.37. The molecular weight excluding hydrogens is 332 g/mol. The van der Waals surface area contributed by atoms with Crippen LogP contribution in [-0.2, 0) is 0 Å². The van der Waals surface area contributed by atoms with E-state index in [1.165, 1.54) is 16.7 Å². The summed E-state index contributed by atoms with van der Waals surface area (Å²) in [5, 5.41) is 1.03. The molecule has 4 unspecified atom stereocenters. The molecule has 0 spiro atoms. The van der Waals surface area contributed by atoms with E-state index in [4.69, 9.17) is 0 Å². The Balaban J connectivity index is 1.77. The van der Waals surface area contributed by atoms with Crippen molar-refractivity contribution in [2.45, 2.75) is 30.3 Å². The molecule has 3 aromatic carbocycles. The highest BCUT2D eigenvalue weighted by molar-refractivity contribution is 7.99. The molecule has 1 heterocycles. The van der Waals surface area contributed by atoms with Gasteiger partial charge >= 0.3 is 0 Å². The molecule has 3 aromatic rings. The van der Waals surface area contributed by atoms with Crippen LogP contribution >= 0.6 is 11.8 Å². The Kier molecular flexibility index (Phi) is 5.17. The lowest BCUT2D eigenvalue weighted by atomic mass is 9.73. The van der Waals surface area contributed by atoms with Gasteiger partial charge in [0.05, 0.1) is 0 Å². The van der Waals surface area contributed by atoms with Crippen molar-refractivity contribution in [1.29, 1.82) is 0 Å². The summed E-state index contributed by atoms with van der Waals surface area (Å²) in [6.45, 7) is 4.89. The minimum absolute atomic E-state index is 0.516. The van der Waals surface area contributed by atoms with Crippen molar-refractivity contribution in [3.8, 4) is 0 Å². The van der Waals surface area contributed by atoms with Crippen LogP contribution in [0.5, 0.6) is 0 Å². The molecule has 0 nitrogen and oxygen atoms in total. The molecule has 1 fully saturated rings. The fraction of sp³-hybridized carbons (Fsp3) is 0.280. The van der Waals surface area contributed by atoms with E-state index >= 15 is 0 Å². The zero-order chi connectivity index (χ0) is 17.9. The maximum Gasteiger partial charge on any atom is 0.0335 e. The van der Waals surface area contributed by atoms with E-state index in [1.54, 1.807) is 0 Å². The molecule has 1 saturated heterocycles. The first-order valence-electron chi connectivity index (χ1n) is 9.56. The molecular formula is C25H26S. The van der Waals surface area contributed by atoms with E-state index in [0.29, 0.717) is 28.3 Å². The predicted octanol–water partition coefficient (Wildman–Crippen LogP) is 7.27. The molecule has 0 amide bonds. The zero-order valence-corrected chi connectivity index (χ0v) is 16.3. The van der Waals surface area contributed by atoms with E-state index in [9.17, 15) is 0 Å². The fourth-order valence-electron chi connectivity index (χ4n) is 4.59. The molecule has 132 valence electrons. The average molecular weight is 359 g/mol. The summed E-state index contributed by atoms with van der Waals surface area (Å²) < 4.78 is 0. The average Bonchev–Trinajstić information content (AvgIpc) is 2.70. The molecule has 4 rings (SSSR count). The van der Waals surface area contributed by atoms with Crippen LogP contribution in [0.4, 0.5) is 0 Å². The van der Waals surface area contributed by atoms with Gasteiger partial charge < -0.3 is 0 Å². The first-order chi connectivity index (χ1) is 12.8. The van der Waals surface area contributed by atoms with Crippen LogP contribution in [0.3, 0.4) is 0 Å². The van der Waals surface area contributed by atoms with Gasteiger partial charge in [-0.05, 0) is 34.4 Å². The summed E-state index contributed by atoms with van der Waals surface area (Å²) in [6, 6.07) is 33.3. The Hall–Kier alpha value is -1.99. The van der Waals surface area contributed by atoms with Crippen molar-refractivity contribution >= 4 is 11.8 Å². The zero-order valence-electron chi connectivity index (χ0n) is 15.5. The van der Waals surface area contributed by atoms with Gasteiger partial charge in [0.2, 0.25) is 0 Å². The van der Waals surface area contributed by atoms with Crippen LogP contribution in [0.2, 0.25) is 0 Å². The van der Waals surface area contributed by atoms with E-state index < -0.39 is 0 Å². The summed E-state index contributed by atoms with van der Waals surface area (Å²) >= 11 is 2.15. The Labute approximate surface area is 161 Å². The lowest BCUT2D eigenvalue weighted by Gasteiger charge is -2.45. The van der Waals surface area contributed by atoms with Crippen LogP contribution in [0.1, 0.15) is 47.0 Å². The molecule has 1 aliphatic heterocycles. The van der Waals surface area contributed by atoms with Gasteiger partial charge in [0.25, 0.3) is 0 Å². The lowest BCUT2D eigenvalue weighted by Crippen LogP contribution is -2.31. The van der Waals surface area contributed by atoms with Crippen LogP contribution in [0, 0.1) is 11.8 Å². The summed E-state index contributed by atoms with van der Waals surface area (Å²) in [5.41, 5.74) is 4.40. The van der Waals surface area contributed by atoms with E-state index in [-0.39, 0.29) is 0 Å². The first-order valence-corrected chi connectivity index (χ1v) is 10.5. The first kappa shape index (κ1) is 17.4. The van der Waals surface area contributed by atoms with Gasteiger partial charge in [-0.3, -0.25) is 0 Å². The van der Waals surface area contributed by atoms with E-state index in [2.05, 4.69) is 117 Å². The predicted molar refractivity (Wildman–Crippen MR) is 113 cm³/mol. The Morgan fingerprint density at radius 3 is 1.23 bits per heavy atom. The van der Waals surface area contributed by atoms with Crippen molar-refractivity contribution in [2.24, 2.45) is 11.8 Å². The topological polar surface area (TPSA) is 0 Å². The summed E-state index contributed by atoms with van der Waals surface area (Å²) in [5.74, 6) is 1.76. The van der Waals surface area contributed by atoms with E-state index in [1.807, 2.05) is 0 Å². The Morgan fingerprint density at radius 1 is 0.500 bits per heavy atom. The minimum Gasteiger partial charge on any atom is -0.145 e. The highest BCUT2D eigenvalue weighted by Crippen LogP contribution is 2.60. The molecule has 1 heteroatoms. The third kappa shape index (κ3) is 3.33. The number of thioether (sulfide) groups is 1. The highest BCUT2D eigenvalue weighted by Gasteiger charge is 2.42. The van der Waals surface area contributed by atoms with Gasteiger partial charge in [0.15, 0.2) is 0 Å². The summed E-state index contributed by atoms with van der Waals surface area (Å²) in [7, 11) is 0. The molecule has 0 radical (unpaired) electrons. The van der Waals surface area contributed by atoms with Gasteiger partial charge in [-0.15, -0.1) is 11.8 Å². The Bertz CT molecular complexity index is 761. The number of benzene rings is 3. The Morgan fingerprint density at radius 2 is 0.846 bits per heavy atom. The second kappa shape index (κ2) is 7.72. The number of rotatable bonds is 3. The van der Waals surface area contributed by atoms with Gasteiger partial charge in [-0.25, -0.2) is 0 Å². The van der Waals surface area contributed by atoms with Crippen molar-refractivity contribution in [3.05, 3.63) is 108 Å². The second-order valence-corrected chi connectivity index (χ2v) is 8.74. The molecule has 0 saturated carbocycles. The quantitative estimate of drug-likeness (QED) is 0.474. The van der Waals surface area contributed by atoms with Crippen LogP contribution in [-0.4, -0.2) is 0 Å². The lowest BCUT2D eigenvalue weighted by molar-refractivity contribution is 0.313. The molecule has 0 N–H and O–H groups in total. The minimum atomic E-state index is 0.516. The smallest absolute Gasteiger partial charge is 0.0335 e. The molecule has 1 aliphatic rings. The van der Waals surface area contributed by atoms with Crippen molar-refractivity contribution in [3.63, 3.8) is 0 Å².